The molecule has 6 nitrogen and oxygen atoms in total. The summed E-state index contributed by atoms with van der Waals surface area (Å²) in [7, 11) is -3.50. The highest BCUT2D eigenvalue weighted by atomic mass is 32.2. The topological polar surface area (TPSA) is 92.1 Å². The van der Waals surface area contributed by atoms with Crippen LogP contribution in [0.3, 0.4) is 0 Å². The number of nitrogens with zero attached hydrogens (tertiary/aromatic N) is 2. The van der Waals surface area contributed by atoms with Crippen molar-refractivity contribution in [3.05, 3.63) is 12.5 Å². The van der Waals surface area contributed by atoms with Crippen LogP contribution in [0.4, 0.5) is 0 Å². The molecule has 0 amide bonds. The third-order valence-electron chi connectivity index (χ3n) is 2.81. The summed E-state index contributed by atoms with van der Waals surface area (Å²) in [4.78, 5) is 6.35. The van der Waals surface area contributed by atoms with Crippen LogP contribution >= 0.6 is 0 Å². The first-order valence-corrected chi connectivity index (χ1v) is 6.82. The van der Waals surface area contributed by atoms with E-state index in [1.54, 1.807) is 0 Å². The molecule has 0 bridgehead atoms. The fourth-order valence-corrected chi connectivity index (χ4v) is 3.40. The third-order valence-corrected chi connectivity index (χ3v) is 4.66. The van der Waals surface area contributed by atoms with Crippen LogP contribution in [0.5, 0.6) is 0 Å². The van der Waals surface area contributed by atoms with Gasteiger partial charge in [-0.15, -0.1) is 0 Å². The third kappa shape index (κ3) is 2.11. The number of sulfonamides is 1. The molecule has 1 aromatic heterocycles. The van der Waals surface area contributed by atoms with E-state index in [1.165, 1.54) is 16.8 Å². The molecule has 0 spiro atoms. The summed E-state index contributed by atoms with van der Waals surface area (Å²) in [6, 6.07) is 0. The van der Waals surface area contributed by atoms with E-state index in [-0.39, 0.29) is 5.03 Å². The Bertz CT molecular complexity index is 428. The second-order valence-electron chi connectivity index (χ2n) is 3.95. The Morgan fingerprint density at radius 2 is 2.25 bits per heavy atom. The summed E-state index contributed by atoms with van der Waals surface area (Å²) < 4.78 is 25.7. The Morgan fingerprint density at radius 3 is 2.94 bits per heavy atom. The smallest absolute Gasteiger partial charge is 0.261 e. The number of nitrogens with two attached hydrogens (primary N) is 1. The molecule has 0 aliphatic carbocycles. The summed E-state index contributed by atoms with van der Waals surface area (Å²) in [5, 5.41) is 0.116. The zero-order chi connectivity index (χ0) is 11.6. The molecule has 7 heteroatoms. The highest BCUT2D eigenvalue weighted by Crippen LogP contribution is 2.20. The highest BCUT2D eigenvalue weighted by molar-refractivity contribution is 7.89. The van der Waals surface area contributed by atoms with Crippen molar-refractivity contribution in [1.82, 2.24) is 14.3 Å². The van der Waals surface area contributed by atoms with Gasteiger partial charge < -0.3 is 10.7 Å². The molecule has 1 aromatic rings. The van der Waals surface area contributed by atoms with E-state index in [4.69, 9.17) is 5.73 Å². The molecular formula is C9H16N4O2S. The molecule has 3 N–H and O–H groups in total. The Hall–Kier alpha value is -0.920. The van der Waals surface area contributed by atoms with E-state index < -0.39 is 16.2 Å². The largest absolute Gasteiger partial charge is 0.335 e. The van der Waals surface area contributed by atoms with Gasteiger partial charge in [0.25, 0.3) is 10.0 Å². The SMILES string of the molecule is NC1CCCCCN1S(=O)(=O)c1cnc[nH]1. The van der Waals surface area contributed by atoms with Gasteiger partial charge in [0.05, 0.1) is 18.7 Å². The maximum absolute atomic E-state index is 12.2. The lowest BCUT2D eigenvalue weighted by atomic mass is 10.2. The molecule has 1 aliphatic heterocycles. The standard InChI is InChI=1S/C9H16N4O2S/c10-8-4-2-1-3-5-13(8)16(14,15)9-6-11-7-12-9/h6-8H,1-5,10H2,(H,11,12). The molecule has 0 radical (unpaired) electrons. The van der Waals surface area contributed by atoms with Crippen LogP contribution in [-0.2, 0) is 10.0 Å². The van der Waals surface area contributed by atoms with Gasteiger partial charge >= 0.3 is 0 Å². The van der Waals surface area contributed by atoms with Crippen LogP contribution in [-0.4, -0.2) is 35.4 Å². The predicted octanol–water partition coefficient (Wildman–Crippen LogP) is 0.259. The number of hydrogen-bond acceptors (Lipinski definition) is 4. The lowest BCUT2D eigenvalue weighted by Gasteiger charge is -2.24. The average Bonchev–Trinajstić information content (AvgIpc) is 2.69. The molecule has 1 unspecified atom stereocenters. The Kier molecular flexibility index (Phi) is 3.27. The van der Waals surface area contributed by atoms with Gasteiger partial charge in [0, 0.05) is 6.54 Å². The normalized spacial score (nSPS) is 24.2. The van der Waals surface area contributed by atoms with Crippen molar-refractivity contribution in [2.45, 2.75) is 36.9 Å². The minimum Gasteiger partial charge on any atom is -0.335 e. The van der Waals surface area contributed by atoms with Gasteiger partial charge in [0.2, 0.25) is 0 Å². The van der Waals surface area contributed by atoms with Gasteiger partial charge in [-0.25, -0.2) is 13.4 Å². The fourth-order valence-electron chi connectivity index (χ4n) is 1.92. The van der Waals surface area contributed by atoms with Crippen LogP contribution in [0.25, 0.3) is 0 Å². The fraction of sp³-hybridized carbons (Fsp3) is 0.667. The summed E-state index contributed by atoms with van der Waals surface area (Å²) in [6.45, 7) is 0.489. The van der Waals surface area contributed by atoms with Crippen molar-refractivity contribution in [3.8, 4) is 0 Å². The van der Waals surface area contributed by atoms with Crippen molar-refractivity contribution >= 4 is 10.0 Å². The van der Waals surface area contributed by atoms with E-state index in [0.29, 0.717) is 13.0 Å². The molecule has 1 aliphatic rings. The molecule has 0 saturated carbocycles. The monoisotopic (exact) mass is 244 g/mol. The molecule has 1 saturated heterocycles. The second-order valence-corrected chi connectivity index (χ2v) is 5.81. The minimum atomic E-state index is -3.50. The first-order valence-electron chi connectivity index (χ1n) is 5.38. The first-order chi connectivity index (χ1) is 7.62. The summed E-state index contributed by atoms with van der Waals surface area (Å²) in [6.07, 6.45) is 5.84. The van der Waals surface area contributed by atoms with E-state index in [1.807, 2.05) is 0 Å². The van der Waals surface area contributed by atoms with Crippen molar-refractivity contribution in [2.24, 2.45) is 5.73 Å². The van der Waals surface area contributed by atoms with Gasteiger partial charge in [-0.3, -0.25) is 0 Å². The summed E-state index contributed by atoms with van der Waals surface area (Å²) in [5.41, 5.74) is 5.88. The number of hydrogen-bond donors (Lipinski definition) is 2. The second kappa shape index (κ2) is 4.52. The maximum atomic E-state index is 12.2. The van der Waals surface area contributed by atoms with E-state index >= 15 is 0 Å². The van der Waals surface area contributed by atoms with Gasteiger partial charge in [-0.1, -0.05) is 12.8 Å². The highest BCUT2D eigenvalue weighted by Gasteiger charge is 2.31. The maximum Gasteiger partial charge on any atom is 0.261 e. The van der Waals surface area contributed by atoms with Crippen LogP contribution in [0.1, 0.15) is 25.7 Å². The molecule has 16 heavy (non-hydrogen) atoms. The quantitative estimate of drug-likeness (QED) is 0.780. The van der Waals surface area contributed by atoms with Crippen molar-refractivity contribution < 1.29 is 8.42 Å². The van der Waals surface area contributed by atoms with Gasteiger partial charge in [-0.05, 0) is 12.8 Å². The number of aromatic amines is 1. The average molecular weight is 244 g/mol. The lowest BCUT2D eigenvalue weighted by Crippen LogP contribution is -2.45. The number of H-pyrrole nitrogens is 1. The molecule has 1 atom stereocenters. The Balaban J connectivity index is 2.28. The predicted molar refractivity (Wildman–Crippen MR) is 58.9 cm³/mol. The number of imidazole rings is 1. The van der Waals surface area contributed by atoms with Crippen molar-refractivity contribution in [3.63, 3.8) is 0 Å². The number of rotatable bonds is 2. The molecule has 2 heterocycles. The minimum absolute atomic E-state index is 0.116. The van der Waals surface area contributed by atoms with Crippen LogP contribution < -0.4 is 5.73 Å². The first kappa shape index (κ1) is 11.6. The molecule has 90 valence electrons. The lowest BCUT2D eigenvalue weighted by molar-refractivity contribution is 0.328. The zero-order valence-electron chi connectivity index (χ0n) is 8.96. The van der Waals surface area contributed by atoms with Crippen molar-refractivity contribution in [1.29, 1.82) is 0 Å². The van der Waals surface area contributed by atoms with E-state index in [2.05, 4.69) is 9.97 Å². The zero-order valence-corrected chi connectivity index (χ0v) is 9.78. The number of aromatic nitrogens is 2. The van der Waals surface area contributed by atoms with Crippen LogP contribution in [0.2, 0.25) is 0 Å². The number of nitrogens with one attached hydrogen (secondary N) is 1. The van der Waals surface area contributed by atoms with E-state index in [0.717, 1.165) is 19.3 Å². The summed E-state index contributed by atoms with van der Waals surface area (Å²) >= 11 is 0. The van der Waals surface area contributed by atoms with Crippen LogP contribution in [0, 0.1) is 0 Å². The van der Waals surface area contributed by atoms with Gasteiger partial charge in [0.15, 0.2) is 5.03 Å². The van der Waals surface area contributed by atoms with Gasteiger partial charge in [-0.2, -0.15) is 4.31 Å². The van der Waals surface area contributed by atoms with Gasteiger partial charge in [0.1, 0.15) is 0 Å². The molecule has 0 aromatic carbocycles. The van der Waals surface area contributed by atoms with Crippen molar-refractivity contribution in [2.75, 3.05) is 6.54 Å². The Morgan fingerprint density at radius 1 is 1.44 bits per heavy atom. The Labute approximate surface area is 94.9 Å². The van der Waals surface area contributed by atoms with E-state index in [9.17, 15) is 8.42 Å². The summed E-state index contributed by atoms with van der Waals surface area (Å²) in [5.74, 6) is 0. The molecular weight excluding hydrogens is 228 g/mol. The molecule has 2 rings (SSSR count). The van der Waals surface area contributed by atoms with Crippen LogP contribution in [0.15, 0.2) is 17.6 Å². The molecule has 1 fully saturated rings.